The smallest absolute Gasteiger partial charge is 0.251 e. The Kier molecular flexibility index (Phi) is 11.7. The Morgan fingerprint density at radius 3 is 2.06 bits per heavy atom. The second-order valence-corrected chi connectivity index (χ2v) is 8.52. The van der Waals surface area contributed by atoms with Gasteiger partial charge >= 0.3 is 0 Å². The second-order valence-electron chi connectivity index (χ2n) is 8.52. The van der Waals surface area contributed by atoms with Crippen LogP contribution in [0, 0.1) is 0 Å². The fraction of sp³-hybridized carbons (Fsp3) is 0.440. The third kappa shape index (κ3) is 8.78. The molecule has 1 amide bonds. The molecule has 0 saturated heterocycles. The number of aliphatic hydroxyl groups is 1. The number of benzene rings is 2. The van der Waals surface area contributed by atoms with Gasteiger partial charge in [0.25, 0.3) is 5.91 Å². The Morgan fingerprint density at radius 1 is 0.938 bits per heavy atom. The molecule has 2 aromatic carbocycles. The van der Waals surface area contributed by atoms with E-state index in [4.69, 9.17) is 0 Å². The van der Waals surface area contributed by atoms with E-state index in [2.05, 4.69) is 53.8 Å². The number of carbonyl (C=O) groups excluding carboxylic acids is 1. The minimum Gasteiger partial charge on any atom is -0.387 e. The van der Waals surface area contributed by atoms with Gasteiger partial charge in [-0.1, -0.05) is 57.2 Å². The normalized spacial score (nSPS) is 12.5. The highest BCUT2D eigenvalue weighted by Crippen LogP contribution is 2.23. The first kappa shape index (κ1) is 27.9. The summed E-state index contributed by atoms with van der Waals surface area (Å²) in [5.74, 6) is 0.567. The molecular weight excluding hydrogens is 515 g/mol. The van der Waals surface area contributed by atoms with E-state index in [0.717, 1.165) is 17.7 Å². The summed E-state index contributed by atoms with van der Waals surface area (Å²) in [5, 5.41) is 19.8. The zero-order valence-electron chi connectivity index (χ0n) is 19.7. The molecule has 0 heterocycles. The van der Waals surface area contributed by atoms with Crippen molar-refractivity contribution in [2.75, 3.05) is 19.6 Å². The lowest BCUT2D eigenvalue weighted by Gasteiger charge is -2.20. The van der Waals surface area contributed by atoms with E-state index in [1.807, 2.05) is 38.1 Å². The molecule has 0 aliphatic rings. The van der Waals surface area contributed by atoms with Gasteiger partial charge in [-0.15, -0.1) is 24.0 Å². The highest BCUT2D eigenvalue weighted by molar-refractivity contribution is 14.0. The van der Waals surface area contributed by atoms with E-state index < -0.39 is 6.10 Å². The zero-order chi connectivity index (χ0) is 22.9. The molecule has 0 aliphatic heterocycles. The first-order chi connectivity index (χ1) is 14.7. The lowest BCUT2D eigenvalue weighted by Crippen LogP contribution is -2.39. The van der Waals surface area contributed by atoms with Crippen molar-refractivity contribution in [3.8, 4) is 0 Å². The fourth-order valence-corrected chi connectivity index (χ4v) is 3.05. The van der Waals surface area contributed by atoms with Crippen LogP contribution in [0.2, 0.25) is 0 Å². The molecule has 0 aromatic heterocycles. The number of amides is 1. The largest absolute Gasteiger partial charge is 0.387 e. The Balaban J connectivity index is 0.00000512. The summed E-state index contributed by atoms with van der Waals surface area (Å²) in [7, 11) is 0. The molecule has 32 heavy (non-hydrogen) atoms. The number of nitrogens with one attached hydrogen (secondary N) is 3. The predicted molar refractivity (Wildman–Crippen MR) is 143 cm³/mol. The number of halogens is 1. The lowest BCUT2D eigenvalue weighted by atomic mass is 9.86. The highest BCUT2D eigenvalue weighted by atomic mass is 127. The van der Waals surface area contributed by atoms with E-state index in [1.165, 1.54) is 5.56 Å². The van der Waals surface area contributed by atoms with Gasteiger partial charge in [0.15, 0.2) is 5.96 Å². The van der Waals surface area contributed by atoms with Crippen molar-refractivity contribution in [3.63, 3.8) is 0 Å². The monoisotopic (exact) mass is 552 g/mol. The van der Waals surface area contributed by atoms with Gasteiger partial charge in [-0.3, -0.25) is 4.79 Å². The minimum absolute atomic E-state index is 0. The van der Waals surface area contributed by atoms with E-state index in [9.17, 15) is 9.90 Å². The average molecular weight is 553 g/mol. The molecule has 6 nitrogen and oxygen atoms in total. The summed E-state index contributed by atoms with van der Waals surface area (Å²) in [6, 6.07) is 15.5. The van der Waals surface area contributed by atoms with Gasteiger partial charge in [0.2, 0.25) is 0 Å². The molecule has 2 rings (SSSR count). The number of aliphatic hydroxyl groups excluding tert-OH is 1. The first-order valence-electron chi connectivity index (χ1n) is 10.9. The average Bonchev–Trinajstić information content (AvgIpc) is 2.75. The minimum atomic E-state index is -0.630. The second kappa shape index (κ2) is 13.4. The number of hydrogen-bond donors (Lipinski definition) is 4. The Labute approximate surface area is 209 Å². The van der Waals surface area contributed by atoms with Gasteiger partial charge < -0.3 is 21.1 Å². The van der Waals surface area contributed by atoms with Crippen LogP contribution < -0.4 is 16.0 Å². The molecule has 0 aliphatic carbocycles. The van der Waals surface area contributed by atoms with Crippen LogP contribution in [-0.4, -0.2) is 36.6 Å². The summed E-state index contributed by atoms with van der Waals surface area (Å²) >= 11 is 0. The number of rotatable bonds is 8. The lowest BCUT2D eigenvalue weighted by molar-refractivity contribution is 0.0956. The van der Waals surface area contributed by atoms with Gasteiger partial charge in [-0.25, -0.2) is 4.99 Å². The molecule has 7 heteroatoms. The van der Waals surface area contributed by atoms with E-state index in [-0.39, 0.29) is 35.3 Å². The molecule has 176 valence electrons. The fourth-order valence-electron chi connectivity index (χ4n) is 3.05. The van der Waals surface area contributed by atoms with Crippen molar-refractivity contribution in [2.24, 2.45) is 4.99 Å². The van der Waals surface area contributed by atoms with Gasteiger partial charge in [-0.2, -0.15) is 0 Å². The zero-order valence-corrected chi connectivity index (χ0v) is 22.1. The standard InChI is InChI=1S/C25H36N4O2.HI/c1-6-26-23(31)20-10-8-18(9-11-20)16-28-24(27-7-2)29-17-22(30)19-12-14-21(15-13-19)25(3,4)5;/h8-15,22,30H,6-7,16-17H2,1-5H3,(H,26,31)(H2,27,28,29);1H. The van der Waals surface area contributed by atoms with Crippen LogP contribution in [0.3, 0.4) is 0 Å². The number of hydrogen-bond acceptors (Lipinski definition) is 3. The van der Waals surface area contributed by atoms with Crippen LogP contribution in [0.5, 0.6) is 0 Å². The number of guanidine groups is 1. The van der Waals surface area contributed by atoms with Crippen LogP contribution in [0.1, 0.15) is 67.8 Å². The Morgan fingerprint density at radius 2 is 1.53 bits per heavy atom. The maximum atomic E-state index is 11.9. The van der Waals surface area contributed by atoms with Crippen LogP contribution in [0.15, 0.2) is 53.5 Å². The summed E-state index contributed by atoms with van der Waals surface area (Å²) < 4.78 is 0. The quantitative estimate of drug-likeness (QED) is 0.225. The SMILES string of the molecule is CCNC(=O)c1ccc(CN=C(NCC)NCC(O)c2ccc(C(C)(C)C)cc2)cc1.I. The van der Waals surface area contributed by atoms with E-state index in [1.54, 1.807) is 12.1 Å². The third-order valence-electron chi connectivity index (χ3n) is 4.94. The molecule has 4 N–H and O–H groups in total. The molecule has 0 saturated carbocycles. The first-order valence-corrected chi connectivity index (χ1v) is 10.9. The van der Waals surface area contributed by atoms with Crippen molar-refractivity contribution in [1.82, 2.24) is 16.0 Å². The summed E-state index contributed by atoms with van der Waals surface area (Å²) in [6.45, 7) is 12.6. The molecule has 0 fully saturated rings. The molecular formula is C25H37IN4O2. The van der Waals surface area contributed by atoms with Crippen LogP contribution >= 0.6 is 24.0 Å². The van der Waals surface area contributed by atoms with Gasteiger partial charge in [-0.05, 0) is 48.1 Å². The van der Waals surface area contributed by atoms with Crippen molar-refractivity contribution >= 4 is 35.8 Å². The van der Waals surface area contributed by atoms with Crippen molar-refractivity contribution in [1.29, 1.82) is 0 Å². The van der Waals surface area contributed by atoms with Gasteiger partial charge in [0.05, 0.1) is 12.6 Å². The highest BCUT2D eigenvalue weighted by Gasteiger charge is 2.15. The number of aliphatic imine (C=N–C) groups is 1. The maximum Gasteiger partial charge on any atom is 0.251 e. The van der Waals surface area contributed by atoms with Crippen molar-refractivity contribution in [2.45, 2.75) is 52.7 Å². The van der Waals surface area contributed by atoms with Gasteiger partial charge in [0.1, 0.15) is 0 Å². The molecule has 0 bridgehead atoms. The van der Waals surface area contributed by atoms with E-state index >= 15 is 0 Å². The van der Waals surface area contributed by atoms with Crippen LogP contribution in [0.25, 0.3) is 0 Å². The van der Waals surface area contributed by atoms with Crippen molar-refractivity contribution in [3.05, 3.63) is 70.8 Å². The number of carbonyl (C=O) groups is 1. The predicted octanol–water partition coefficient (Wildman–Crippen LogP) is 4.14. The molecule has 0 radical (unpaired) electrons. The Bertz CT molecular complexity index is 859. The molecule has 0 spiro atoms. The maximum absolute atomic E-state index is 11.9. The van der Waals surface area contributed by atoms with E-state index in [0.29, 0.717) is 31.2 Å². The van der Waals surface area contributed by atoms with Crippen molar-refractivity contribution < 1.29 is 9.90 Å². The summed E-state index contributed by atoms with van der Waals surface area (Å²) in [6.07, 6.45) is -0.630. The van der Waals surface area contributed by atoms with Crippen LogP contribution in [0.4, 0.5) is 0 Å². The van der Waals surface area contributed by atoms with Crippen LogP contribution in [-0.2, 0) is 12.0 Å². The molecule has 1 unspecified atom stereocenters. The number of nitrogens with zero attached hydrogens (tertiary/aromatic N) is 1. The molecule has 2 aromatic rings. The summed E-state index contributed by atoms with van der Waals surface area (Å²) in [5.41, 5.74) is 3.84. The Hall–Kier alpha value is -2.13. The van der Waals surface area contributed by atoms with Gasteiger partial charge in [0, 0.05) is 25.2 Å². The summed E-state index contributed by atoms with van der Waals surface area (Å²) in [4.78, 5) is 16.4. The molecule has 1 atom stereocenters. The topological polar surface area (TPSA) is 85.8 Å². The third-order valence-corrected chi connectivity index (χ3v) is 4.94.